The van der Waals surface area contributed by atoms with Crippen LogP contribution in [0.4, 0.5) is 5.69 Å². The van der Waals surface area contributed by atoms with Gasteiger partial charge in [-0.15, -0.1) is 0 Å². The van der Waals surface area contributed by atoms with E-state index in [9.17, 15) is 4.79 Å². The molecule has 1 aliphatic rings. The van der Waals surface area contributed by atoms with Crippen LogP contribution in [-0.2, 0) is 4.79 Å². The highest BCUT2D eigenvalue weighted by atomic mass is 16.5. The lowest BCUT2D eigenvalue weighted by Gasteiger charge is -2.26. The Balaban J connectivity index is 2.11. The van der Waals surface area contributed by atoms with Gasteiger partial charge in [-0.3, -0.25) is 4.79 Å². The molecule has 4 nitrogen and oxygen atoms in total. The Hall–Kier alpha value is -1.55. The summed E-state index contributed by atoms with van der Waals surface area (Å²) in [6.45, 7) is 3.96. The van der Waals surface area contributed by atoms with Crippen molar-refractivity contribution in [1.29, 1.82) is 0 Å². The predicted molar refractivity (Wildman–Crippen MR) is 81.0 cm³/mol. The minimum absolute atomic E-state index is 0.0328. The predicted octanol–water partition coefficient (Wildman–Crippen LogP) is 2.77. The summed E-state index contributed by atoms with van der Waals surface area (Å²) < 4.78 is 5.39. The van der Waals surface area contributed by atoms with Crippen molar-refractivity contribution >= 4 is 11.6 Å². The molecular weight excluding hydrogens is 252 g/mol. The number of nitrogens with one attached hydrogen (secondary N) is 1. The fourth-order valence-electron chi connectivity index (χ4n) is 2.98. The fraction of sp³-hybridized carbons (Fsp3) is 0.562. The lowest BCUT2D eigenvalue weighted by Crippen LogP contribution is -2.34. The maximum absolute atomic E-state index is 12.3. The Bertz CT molecular complexity index is 499. The van der Waals surface area contributed by atoms with Crippen molar-refractivity contribution in [3.05, 3.63) is 23.3 Å². The molecule has 0 saturated heterocycles. The maximum Gasteiger partial charge on any atom is 0.227 e. The molecule has 2 rings (SSSR count). The smallest absolute Gasteiger partial charge is 0.227 e. The van der Waals surface area contributed by atoms with Crippen LogP contribution in [0.15, 0.2) is 12.1 Å². The van der Waals surface area contributed by atoms with Crippen LogP contribution in [-0.4, -0.2) is 19.1 Å². The van der Waals surface area contributed by atoms with Crippen LogP contribution in [0, 0.1) is 19.8 Å². The molecule has 2 unspecified atom stereocenters. The first-order chi connectivity index (χ1) is 9.52. The zero-order valence-electron chi connectivity index (χ0n) is 12.5. The number of ether oxygens (including phenoxy) is 1. The molecule has 1 aromatic rings. The molecule has 0 aromatic heterocycles. The Morgan fingerprint density at radius 1 is 1.35 bits per heavy atom. The summed E-state index contributed by atoms with van der Waals surface area (Å²) in [5.74, 6) is 0.947. The summed E-state index contributed by atoms with van der Waals surface area (Å²) in [5.41, 5.74) is 8.83. The van der Waals surface area contributed by atoms with E-state index in [-0.39, 0.29) is 17.9 Å². The molecule has 20 heavy (non-hydrogen) atoms. The minimum atomic E-state index is 0.0328. The first kappa shape index (κ1) is 14.9. The molecule has 0 spiro atoms. The van der Waals surface area contributed by atoms with Gasteiger partial charge in [0.25, 0.3) is 0 Å². The third-order valence-corrected chi connectivity index (χ3v) is 4.15. The summed E-state index contributed by atoms with van der Waals surface area (Å²) in [6.07, 6.45) is 3.78. The molecule has 0 heterocycles. The van der Waals surface area contributed by atoms with Crippen molar-refractivity contribution in [1.82, 2.24) is 0 Å². The summed E-state index contributed by atoms with van der Waals surface area (Å²) in [7, 11) is 1.65. The second-order valence-electron chi connectivity index (χ2n) is 5.70. The molecule has 2 atom stereocenters. The topological polar surface area (TPSA) is 64.3 Å². The monoisotopic (exact) mass is 276 g/mol. The molecule has 110 valence electrons. The van der Waals surface area contributed by atoms with Gasteiger partial charge >= 0.3 is 0 Å². The number of hydrogen-bond acceptors (Lipinski definition) is 3. The van der Waals surface area contributed by atoms with Gasteiger partial charge < -0.3 is 15.8 Å². The van der Waals surface area contributed by atoms with Crippen LogP contribution in [0.2, 0.25) is 0 Å². The van der Waals surface area contributed by atoms with E-state index in [1.54, 1.807) is 7.11 Å². The Morgan fingerprint density at radius 3 is 2.75 bits per heavy atom. The van der Waals surface area contributed by atoms with Crippen LogP contribution in [0.1, 0.15) is 36.8 Å². The average molecular weight is 276 g/mol. The van der Waals surface area contributed by atoms with Crippen molar-refractivity contribution in [2.75, 3.05) is 12.4 Å². The van der Waals surface area contributed by atoms with Gasteiger partial charge in [-0.25, -0.2) is 0 Å². The quantitative estimate of drug-likeness (QED) is 0.892. The van der Waals surface area contributed by atoms with Crippen molar-refractivity contribution in [3.8, 4) is 5.75 Å². The number of rotatable bonds is 3. The van der Waals surface area contributed by atoms with Crippen LogP contribution < -0.4 is 15.8 Å². The van der Waals surface area contributed by atoms with Crippen molar-refractivity contribution in [2.24, 2.45) is 11.7 Å². The van der Waals surface area contributed by atoms with E-state index in [2.05, 4.69) is 5.32 Å². The van der Waals surface area contributed by atoms with E-state index in [0.717, 1.165) is 48.2 Å². The van der Waals surface area contributed by atoms with Crippen LogP contribution in [0.5, 0.6) is 5.75 Å². The zero-order valence-corrected chi connectivity index (χ0v) is 12.5. The molecule has 1 aliphatic carbocycles. The molecule has 0 bridgehead atoms. The Labute approximate surface area is 120 Å². The molecule has 0 aliphatic heterocycles. The maximum atomic E-state index is 12.3. The van der Waals surface area contributed by atoms with Gasteiger partial charge in [-0.2, -0.15) is 0 Å². The molecule has 1 saturated carbocycles. The van der Waals surface area contributed by atoms with Crippen LogP contribution >= 0.6 is 0 Å². The lowest BCUT2D eigenvalue weighted by molar-refractivity contribution is -0.120. The number of benzene rings is 1. The van der Waals surface area contributed by atoms with Crippen molar-refractivity contribution in [3.63, 3.8) is 0 Å². The second kappa shape index (κ2) is 6.27. The molecular formula is C16H24N2O2. The number of aryl methyl sites for hydroxylation is 1. The number of methoxy groups -OCH3 is 1. The van der Waals surface area contributed by atoms with Crippen LogP contribution in [0.25, 0.3) is 0 Å². The first-order valence-electron chi connectivity index (χ1n) is 7.23. The summed E-state index contributed by atoms with van der Waals surface area (Å²) >= 11 is 0. The second-order valence-corrected chi connectivity index (χ2v) is 5.70. The van der Waals surface area contributed by atoms with E-state index >= 15 is 0 Å². The highest BCUT2D eigenvalue weighted by molar-refractivity contribution is 5.93. The summed E-state index contributed by atoms with van der Waals surface area (Å²) in [6, 6.07) is 4.06. The zero-order chi connectivity index (χ0) is 14.7. The third kappa shape index (κ3) is 3.12. The minimum Gasteiger partial charge on any atom is -0.496 e. The average Bonchev–Trinajstić information content (AvgIpc) is 2.42. The number of carbonyl (C=O) groups excluding carboxylic acids is 1. The Morgan fingerprint density at radius 2 is 2.10 bits per heavy atom. The molecule has 4 heteroatoms. The van der Waals surface area contributed by atoms with E-state index < -0.39 is 0 Å². The molecule has 1 aromatic carbocycles. The van der Waals surface area contributed by atoms with Crippen molar-refractivity contribution in [2.45, 2.75) is 45.6 Å². The Kier molecular flexibility index (Phi) is 4.65. The number of carbonyl (C=O) groups is 1. The van der Waals surface area contributed by atoms with E-state index in [1.807, 2.05) is 26.0 Å². The highest BCUT2D eigenvalue weighted by Crippen LogP contribution is 2.30. The standard InChI is InChI=1S/C16H24N2O2/c1-10-7-8-14(11(2)15(10)20-3)18-16(19)12-5-4-6-13(17)9-12/h7-8,12-13H,4-6,9,17H2,1-3H3,(H,18,19). The molecule has 1 fully saturated rings. The number of hydrogen-bond donors (Lipinski definition) is 2. The van der Waals surface area contributed by atoms with Gasteiger partial charge in [0.15, 0.2) is 0 Å². The summed E-state index contributed by atoms with van der Waals surface area (Å²) in [5, 5.41) is 3.03. The largest absolute Gasteiger partial charge is 0.496 e. The molecule has 1 amide bonds. The SMILES string of the molecule is COc1c(C)ccc(NC(=O)C2CCCC(N)C2)c1C. The van der Waals surface area contributed by atoms with Gasteiger partial charge in [0.2, 0.25) is 5.91 Å². The highest BCUT2D eigenvalue weighted by Gasteiger charge is 2.25. The van der Waals surface area contributed by atoms with Gasteiger partial charge in [0, 0.05) is 23.2 Å². The fourth-order valence-corrected chi connectivity index (χ4v) is 2.98. The van der Waals surface area contributed by atoms with Gasteiger partial charge in [-0.1, -0.05) is 12.5 Å². The van der Waals surface area contributed by atoms with E-state index in [0.29, 0.717) is 0 Å². The van der Waals surface area contributed by atoms with Gasteiger partial charge in [0.1, 0.15) is 5.75 Å². The summed E-state index contributed by atoms with van der Waals surface area (Å²) in [4.78, 5) is 12.3. The lowest BCUT2D eigenvalue weighted by atomic mass is 9.85. The van der Waals surface area contributed by atoms with E-state index in [1.165, 1.54) is 0 Å². The van der Waals surface area contributed by atoms with Crippen LogP contribution in [0.3, 0.4) is 0 Å². The normalized spacial score (nSPS) is 22.4. The van der Waals surface area contributed by atoms with Gasteiger partial charge in [-0.05, 0) is 44.7 Å². The molecule has 3 N–H and O–H groups in total. The number of anilines is 1. The number of nitrogens with two attached hydrogens (primary N) is 1. The number of amides is 1. The van der Waals surface area contributed by atoms with Crippen molar-refractivity contribution < 1.29 is 9.53 Å². The third-order valence-electron chi connectivity index (χ3n) is 4.15. The van der Waals surface area contributed by atoms with E-state index in [4.69, 9.17) is 10.5 Å². The molecule has 0 radical (unpaired) electrons. The first-order valence-corrected chi connectivity index (χ1v) is 7.23. The van der Waals surface area contributed by atoms with Gasteiger partial charge in [0.05, 0.1) is 7.11 Å².